The Hall–Kier alpha value is -2.53. The van der Waals surface area contributed by atoms with Gasteiger partial charge >= 0.3 is 5.97 Å². The van der Waals surface area contributed by atoms with E-state index in [1.807, 2.05) is 13.0 Å². The number of hydrogen-bond donors (Lipinski definition) is 1. The molecular formula is C23H30N2O3. The van der Waals surface area contributed by atoms with Crippen LogP contribution in [0.3, 0.4) is 0 Å². The number of nitrogen functional groups attached to an aromatic ring is 1. The van der Waals surface area contributed by atoms with Gasteiger partial charge in [0.05, 0.1) is 6.61 Å². The second-order valence-corrected chi connectivity index (χ2v) is 7.23. The van der Waals surface area contributed by atoms with Crippen LogP contribution < -0.4 is 10.5 Å². The third-order valence-electron chi connectivity index (χ3n) is 5.15. The topological polar surface area (TPSA) is 64.8 Å². The largest absolute Gasteiger partial charge is 0.493 e. The molecule has 5 heteroatoms. The smallest absolute Gasteiger partial charge is 0.341 e. The Morgan fingerprint density at radius 3 is 2.57 bits per heavy atom. The van der Waals surface area contributed by atoms with Crippen LogP contribution >= 0.6 is 0 Å². The SMILES string of the molecule is CCOc1cc(N)ccc1C(=O)OC[C@H](Cc1ccccc1)N1CCCCC1. The lowest BCUT2D eigenvalue weighted by Crippen LogP contribution is -2.43. The number of carbonyl (C=O) groups excluding carboxylic acids is 1. The quantitative estimate of drug-likeness (QED) is 0.554. The Labute approximate surface area is 167 Å². The van der Waals surface area contributed by atoms with Crippen LogP contribution in [0.2, 0.25) is 0 Å². The lowest BCUT2D eigenvalue weighted by atomic mass is 10.0. The second kappa shape index (κ2) is 10.1. The molecule has 1 saturated heterocycles. The van der Waals surface area contributed by atoms with Gasteiger partial charge in [-0.3, -0.25) is 4.90 Å². The first-order valence-electron chi connectivity index (χ1n) is 10.1. The molecule has 5 nitrogen and oxygen atoms in total. The Morgan fingerprint density at radius 1 is 1.11 bits per heavy atom. The van der Waals surface area contributed by atoms with E-state index in [2.05, 4.69) is 29.2 Å². The molecule has 0 bridgehead atoms. The number of nitrogens with zero attached hydrogens (tertiary/aromatic N) is 1. The Morgan fingerprint density at radius 2 is 1.86 bits per heavy atom. The van der Waals surface area contributed by atoms with Crippen molar-refractivity contribution in [2.24, 2.45) is 0 Å². The highest BCUT2D eigenvalue weighted by molar-refractivity contribution is 5.93. The molecule has 2 aromatic carbocycles. The van der Waals surface area contributed by atoms with E-state index in [1.54, 1.807) is 18.2 Å². The van der Waals surface area contributed by atoms with E-state index >= 15 is 0 Å². The second-order valence-electron chi connectivity index (χ2n) is 7.23. The zero-order valence-electron chi connectivity index (χ0n) is 16.6. The fourth-order valence-corrected chi connectivity index (χ4v) is 3.70. The molecule has 1 heterocycles. The molecule has 3 rings (SSSR count). The summed E-state index contributed by atoms with van der Waals surface area (Å²) in [5, 5.41) is 0. The molecule has 1 atom stereocenters. The molecule has 0 aromatic heterocycles. The van der Waals surface area contributed by atoms with Crippen molar-refractivity contribution in [3.05, 3.63) is 59.7 Å². The van der Waals surface area contributed by atoms with Gasteiger partial charge in [0.1, 0.15) is 17.9 Å². The van der Waals surface area contributed by atoms with Crippen LogP contribution in [0, 0.1) is 0 Å². The van der Waals surface area contributed by atoms with Crippen LogP contribution in [0.15, 0.2) is 48.5 Å². The predicted octanol–water partition coefficient (Wildman–Crippen LogP) is 3.92. The van der Waals surface area contributed by atoms with Crippen molar-refractivity contribution in [2.75, 3.05) is 32.0 Å². The lowest BCUT2D eigenvalue weighted by molar-refractivity contribution is 0.0316. The van der Waals surface area contributed by atoms with Gasteiger partial charge < -0.3 is 15.2 Å². The van der Waals surface area contributed by atoms with Crippen molar-refractivity contribution in [1.82, 2.24) is 4.90 Å². The highest BCUT2D eigenvalue weighted by Gasteiger charge is 2.24. The summed E-state index contributed by atoms with van der Waals surface area (Å²) in [4.78, 5) is 15.2. The summed E-state index contributed by atoms with van der Waals surface area (Å²) in [7, 11) is 0. The summed E-state index contributed by atoms with van der Waals surface area (Å²) >= 11 is 0. The molecule has 1 aliphatic rings. The van der Waals surface area contributed by atoms with E-state index in [9.17, 15) is 4.79 Å². The number of likely N-dealkylation sites (tertiary alicyclic amines) is 1. The number of benzene rings is 2. The van der Waals surface area contributed by atoms with Crippen LogP contribution in [-0.2, 0) is 11.2 Å². The molecule has 2 N–H and O–H groups in total. The van der Waals surface area contributed by atoms with Gasteiger partial charge in [-0.15, -0.1) is 0 Å². The van der Waals surface area contributed by atoms with Crippen molar-refractivity contribution < 1.29 is 14.3 Å². The van der Waals surface area contributed by atoms with Crippen molar-refractivity contribution >= 4 is 11.7 Å². The monoisotopic (exact) mass is 382 g/mol. The molecule has 0 radical (unpaired) electrons. The summed E-state index contributed by atoms with van der Waals surface area (Å²) in [5.74, 6) is 0.114. The summed E-state index contributed by atoms with van der Waals surface area (Å²) < 4.78 is 11.3. The summed E-state index contributed by atoms with van der Waals surface area (Å²) in [6.07, 6.45) is 4.54. The molecule has 0 amide bonds. The zero-order chi connectivity index (χ0) is 19.8. The van der Waals surface area contributed by atoms with Gasteiger partial charge in [-0.1, -0.05) is 36.8 Å². The number of esters is 1. The van der Waals surface area contributed by atoms with Gasteiger partial charge in [-0.25, -0.2) is 4.79 Å². The standard InChI is InChI=1S/C23H30N2O3/c1-2-27-22-16-19(24)11-12-21(22)23(26)28-17-20(25-13-7-4-8-14-25)15-18-9-5-3-6-10-18/h3,5-6,9-12,16,20H,2,4,7-8,13-15,17,24H2,1H3/t20-/m0/s1. The van der Waals surface area contributed by atoms with Gasteiger partial charge in [-0.2, -0.15) is 0 Å². The van der Waals surface area contributed by atoms with Crippen LogP contribution in [-0.4, -0.2) is 43.2 Å². The van der Waals surface area contributed by atoms with Crippen LogP contribution in [0.4, 0.5) is 5.69 Å². The first-order valence-corrected chi connectivity index (χ1v) is 10.1. The van der Waals surface area contributed by atoms with Crippen LogP contribution in [0.25, 0.3) is 0 Å². The summed E-state index contributed by atoms with van der Waals surface area (Å²) in [5.41, 5.74) is 8.07. The lowest BCUT2D eigenvalue weighted by Gasteiger charge is -2.34. The molecule has 0 saturated carbocycles. The summed E-state index contributed by atoms with van der Waals surface area (Å²) in [6, 6.07) is 15.6. The van der Waals surface area contributed by atoms with Crippen molar-refractivity contribution in [3.63, 3.8) is 0 Å². The van der Waals surface area contributed by atoms with Gasteiger partial charge in [0.2, 0.25) is 0 Å². The first-order chi connectivity index (χ1) is 13.7. The number of anilines is 1. The van der Waals surface area contributed by atoms with Gasteiger partial charge in [0, 0.05) is 17.8 Å². The number of nitrogens with two attached hydrogens (primary N) is 1. The minimum absolute atomic E-state index is 0.177. The van der Waals surface area contributed by atoms with Crippen molar-refractivity contribution in [3.8, 4) is 5.75 Å². The molecule has 1 fully saturated rings. The highest BCUT2D eigenvalue weighted by atomic mass is 16.5. The van der Waals surface area contributed by atoms with E-state index in [0.29, 0.717) is 30.2 Å². The van der Waals surface area contributed by atoms with E-state index < -0.39 is 0 Å². The number of carbonyl (C=O) groups is 1. The third kappa shape index (κ3) is 5.49. The minimum atomic E-state index is -0.362. The fraction of sp³-hybridized carbons (Fsp3) is 0.435. The fourth-order valence-electron chi connectivity index (χ4n) is 3.70. The minimum Gasteiger partial charge on any atom is -0.493 e. The van der Waals surface area contributed by atoms with Crippen molar-refractivity contribution in [2.45, 2.75) is 38.6 Å². The molecule has 2 aromatic rings. The van der Waals surface area contributed by atoms with Gasteiger partial charge in [-0.05, 0) is 57.0 Å². The normalized spacial score (nSPS) is 15.8. The summed E-state index contributed by atoms with van der Waals surface area (Å²) in [6.45, 7) is 4.82. The number of hydrogen-bond acceptors (Lipinski definition) is 5. The maximum Gasteiger partial charge on any atom is 0.341 e. The number of piperidine rings is 1. The third-order valence-corrected chi connectivity index (χ3v) is 5.15. The first kappa shape index (κ1) is 20.2. The average Bonchev–Trinajstić information content (AvgIpc) is 2.72. The average molecular weight is 383 g/mol. The Balaban J connectivity index is 1.69. The molecule has 0 spiro atoms. The predicted molar refractivity (Wildman–Crippen MR) is 112 cm³/mol. The van der Waals surface area contributed by atoms with Gasteiger partial charge in [0.15, 0.2) is 0 Å². The molecule has 0 unspecified atom stereocenters. The van der Waals surface area contributed by atoms with Gasteiger partial charge in [0.25, 0.3) is 0 Å². The maximum absolute atomic E-state index is 12.7. The maximum atomic E-state index is 12.7. The number of ether oxygens (including phenoxy) is 2. The number of rotatable bonds is 8. The van der Waals surface area contributed by atoms with E-state index in [1.165, 1.54) is 24.8 Å². The van der Waals surface area contributed by atoms with E-state index in [0.717, 1.165) is 19.5 Å². The molecular weight excluding hydrogens is 352 g/mol. The Bertz CT molecular complexity index is 758. The van der Waals surface area contributed by atoms with E-state index in [-0.39, 0.29) is 12.0 Å². The van der Waals surface area contributed by atoms with Crippen molar-refractivity contribution in [1.29, 1.82) is 0 Å². The van der Waals surface area contributed by atoms with Crippen LogP contribution in [0.1, 0.15) is 42.1 Å². The molecule has 28 heavy (non-hydrogen) atoms. The molecule has 0 aliphatic carbocycles. The van der Waals surface area contributed by atoms with Crippen LogP contribution in [0.5, 0.6) is 5.75 Å². The molecule has 1 aliphatic heterocycles. The van der Waals surface area contributed by atoms with E-state index in [4.69, 9.17) is 15.2 Å². The molecule has 150 valence electrons. The zero-order valence-corrected chi connectivity index (χ0v) is 16.6. The highest BCUT2D eigenvalue weighted by Crippen LogP contribution is 2.23. The Kier molecular flexibility index (Phi) is 7.31.